The molecule has 1 aromatic carbocycles. The van der Waals surface area contributed by atoms with Gasteiger partial charge in [0, 0.05) is 6.42 Å². The van der Waals surface area contributed by atoms with Gasteiger partial charge in [-0.05, 0) is 48.6 Å². The highest BCUT2D eigenvalue weighted by Gasteiger charge is 2.17. The monoisotopic (exact) mass is 327 g/mol. The number of carbonyl (C=O) groups excluding carboxylic acids is 1. The lowest BCUT2D eigenvalue weighted by Crippen LogP contribution is -2.20. The van der Waals surface area contributed by atoms with E-state index in [0.717, 1.165) is 12.0 Å². The Labute approximate surface area is 138 Å². The summed E-state index contributed by atoms with van der Waals surface area (Å²) < 4.78 is 5.14. The number of ether oxygens (including phenoxy) is 1. The minimum absolute atomic E-state index is 0.0393. The second kappa shape index (κ2) is 9.57. The first-order chi connectivity index (χ1) is 10.1. The number of hydrogen-bond acceptors (Lipinski definition) is 4. The van der Waals surface area contributed by atoms with Crippen LogP contribution in [0.4, 0.5) is 5.69 Å². The molecule has 4 nitrogen and oxygen atoms in total. The number of rotatable bonds is 4. The van der Waals surface area contributed by atoms with E-state index in [-0.39, 0.29) is 17.5 Å². The van der Waals surface area contributed by atoms with Crippen molar-refractivity contribution in [1.82, 2.24) is 0 Å². The number of nitroso groups, excluding NO2 is 1. The van der Waals surface area contributed by atoms with E-state index in [0.29, 0.717) is 17.1 Å². The van der Waals surface area contributed by atoms with Crippen LogP contribution in [-0.2, 0) is 9.53 Å². The van der Waals surface area contributed by atoms with Crippen molar-refractivity contribution in [3.63, 3.8) is 0 Å². The van der Waals surface area contributed by atoms with Crippen molar-refractivity contribution in [3.05, 3.63) is 33.7 Å². The van der Waals surface area contributed by atoms with Crippen LogP contribution in [0, 0.1) is 17.2 Å². The molecule has 0 amide bonds. The molecule has 1 aromatic rings. The zero-order valence-electron chi connectivity index (χ0n) is 14.3. The number of carbonyl (C=O) groups is 1. The number of benzene rings is 1. The Balaban J connectivity index is 0.000000406. The lowest BCUT2D eigenvalue weighted by Gasteiger charge is -2.22. The van der Waals surface area contributed by atoms with E-state index in [1.807, 2.05) is 20.8 Å². The van der Waals surface area contributed by atoms with Gasteiger partial charge in [-0.15, -0.1) is 4.91 Å². The van der Waals surface area contributed by atoms with Crippen molar-refractivity contribution in [1.29, 1.82) is 0 Å². The predicted molar refractivity (Wildman–Crippen MR) is 91.6 cm³/mol. The number of hydrogen-bond donors (Lipinski definition) is 0. The standard InChI is InChI=1S/C10H20O2.C7H6ClNO/c1-6-9(11)12-8(2)7-10(3,4)5;1-5-2-3-7(9-10)6(8)4-5/h8H,6-7H2,1-5H3;2-4H,1H3. The molecule has 5 heteroatoms. The largest absolute Gasteiger partial charge is 0.463 e. The molecule has 1 atom stereocenters. The summed E-state index contributed by atoms with van der Waals surface area (Å²) in [4.78, 5) is 20.9. The van der Waals surface area contributed by atoms with Crippen molar-refractivity contribution in [2.45, 2.75) is 60.5 Å². The van der Waals surface area contributed by atoms with Gasteiger partial charge in [-0.3, -0.25) is 4.79 Å². The first kappa shape index (κ1) is 20.6. The van der Waals surface area contributed by atoms with Gasteiger partial charge in [-0.25, -0.2) is 0 Å². The van der Waals surface area contributed by atoms with Crippen LogP contribution in [0.25, 0.3) is 0 Å². The summed E-state index contributed by atoms with van der Waals surface area (Å²) in [5, 5.41) is 3.14. The van der Waals surface area contributed by atoms with Gasteiger partial charge < -0.3 is 4.74 Å². The highest BCUT2D eigenvalue weighted by molar-refractivity contribution is 6.33. The highest BCUT2D eigenvalue weighted by Crippen LogP contribution is 2.24. The molecule has 0 aromatic heterocycles. The molecular formula is C17H26ClNO3. The molecule has 0 saturated heterocycles. The van der Waals surface area contributed by atoms with Crippen LogP contribution in [0.2, 0.25) is 5.02 Å². The van der Waals surface area contributed by atoms with Crippen molar-refractivity contribution in [2.24, 2.45) is 10.6 Å². The van der Waals surface area contributed by atoms with Crippen molar-refractivity contribution in [2.75, 3.05) is 0 Å². The minimum Gasteiger partial charge on any atom is -0.463 e. The van der Waals surface area contributed by atoms with E-state index >= 15 is 0 Å². The van der Waals surface area contributed by atoms with Crippen LogP contribution >= 0.6 is 11.6 Å². The number of halogens is 1. The fourth-order valence-corrected chi connectivity index (χ4v) is 2.17. The molecule has 0 aliphatic rings. The van der Waals surface area contributed by atoms with Gasteiger partial charge in [0.05, 0.1) is 11.1 Å². The molecule has 124 valence electrons. The van der Waals surface area contributed by atoms with E-state index in [2.05, 4.69) is 25.9 Å². The predicted octanol–water partition coefficient (Wildman–Crippen LogP) is 5.81. The fourth-order valence-electron chi connectivity index (χ4n) is 1.90. The van der Waals surface area contributed by atoms with Gasteiger partial charge >= 0.3 is 5.97 Å². The Bertz CT molecular complexity index is 495. The molecule has 0 fully saturated rings. The molecular weight excluding hydrogens is 302 g/mol. The molecule has 0 N–H and O–H groups in total. The first-order valence-electron chi connectivity index (χ1n) is 7.38. The van der Waals surface area contributed by atoms with Gasteiger partial charge in [-0.1, -0.05) is 45.4 Å². The van der Waals surface area contributed by atoms with Gasteiger partial charge in [0.1, 0.15) is 5.69 Å². The normalized spacial score (nSPS) is 12.0. The van der Waals surface area contributed by atoms with E-state index in [9.17, 15) is 9.70 Å². The summed E-state index contributed by atoms with van der Waals surface area (Å²) in [6, 6.07) is 5.10. The minimum atomic E-state index is -0.105. The third-order valence-corrected chi connectivity index (χ3v) is 3.03. The number of esters is 1. The number of nitrogens with zero attached hydrogens (tertiary/aromatic N) is 1. The Hall–Kier alpha value is -1.42. The summed E-state index contributed by atoms with van der Waals surface area (Å²) in [5.41, 5.74) is 1.55. The number of aryl methyl sites for hydroxylation is 1. The smallest absolute Gasteiger partial charge is 0.305 e. The van der Waals surface area contributed by atoms with Gasteiger partial charge in [0.15, 0.2) is 0 Å². The molecule has 0 saturated carbocycles. The second-order valence-corrected chi connectivity index (χ2v) is 6.87. The lowest BCUT2D eigenvalue weighted by atomic mass is 9.90. The summed E-state index contributed by atoms with van der Waals surface area (Å²) in [7, 11) is 0. The molecule has 0 bridgehead atoms. The Morgan fingerprint density at radius 3 is 2.36 bits per heavy atom. The van der Waals surface area contributed by atoms with E-state index in [1.165, 1.54) is 0 Å². The maximum absolute atomic E-state index is 10.9. The third kappa shape index (κ3) is 9.50. The quantitative estimate of drug-likeness (QED) is 0.518. The lowest BCUT2D eigenvalue weighted by molar-refractivity contribution is -0.148. The SMILES string of the molecule is CCC(=O)OC(C)CC(C)(C)C.Cc1ccc(N=O)c(Cl)c1. The maximum atomic E-state index is 10.9. The van der Waals surface area contributed by atoms with Crippen LogP contribution in [0.15, 0.2) is 23.4 Å². The average molecular weight is 328 g/mol. The van der Waals surface area contributed by atoms with Crippen molar-refractivity contribution in [3.8, 4) is 0 Å². The summed E-state index contributed by atoms with van der Waals surface area (Å²) in [5.74, 6) is -0.105. The Morgan fingerprint density at radius 1 is 1.36 bits per heavy atom. The van der Waals surface area contributed by atoms with Crippen LogP contribution in [0.5, 0.6) is 0 Å². The topological polar surface area (TPSA) is 55.7 Å². The van der Waals surface area contributed by atoms with E-state index in [4.69, 9.17) is 16.3 Å². The molecule has 0 aliphatic carbocycles. The molecule has 0 aliphatic heterocycles. The first-order valence-corrected chi connectivity index (χ1v) is 7.75. The van der Waals surface area contributed by atoms with Crippen LogP contribution in [0.3, 0.4) is 0 Å². The molecule has 1 rings (SSSR count). The Morgan fingerprint density at radius 2 is 1.95 bits per heavy atom. The Kier molecular flexibility index (Phi) is 8.95. The van der Waals surface area contributed by atoms with Crippen LogP contribution in [-0.4, -0.2) is 12.1 Å². The zero-order chi connectivity index (χ0) is 17.3. The third-order valence-electron chi connectivity index (χ3n) is 2.72. The van der Waals surface area contributed by atoms with Gasteiger partial charge in [0.25, 0.3) is 0 Å². The van der Waals surface area contributed by atoms with Crippen molar-refractivity contribution >= 4 is 23.3 Å². The summed E-state index contributed by atoms with van der Waals surface area (Å²) >= 11 is 5.64. The molecule has 0 heterocycles. The molecule has 0 radical (unpaired) electrons. The van der Waals surface area contributed by atoms with Gasteiger partial charge in [-0.2, -0.15) is 0 Å². The molecule has 1 unspecified atom stereocenters. The second-order valence-electron chi connectivity index (χ2n) is 6.46. The average Bonchev–Trinajstić information content (AvgIpc) is 2.37. The van der Waals surface area contributed by atoms with E-state index in [1.54, 1.807) is 18.2 Å². The maximum Gasteiger partial charge on any atom is 0.305 e. The fraction of sp³-hybridized carbons (Fsp3) is 0.588. The summed E-state index contributed by atoms with van der Waals surface area (Å²) in [6.45, 7) is 12.1. The molecule has 0 spiro atoms. The summed E-state index contributed by atoms with van der Waals surface area (Å²) in [6.07, 6.45) is 1.42. The van der Waals surface area contributed by atoms with Crippen molar-refractivity contribution < 1.29 is 9.53 Å². The van der Waals surface area contributed by atoms with Crippen LogP contribution < -0.4 is 0 Å². The van der Waals surface area contributed by atoms with Gasteiger partial charge in [0.2, 0.25) is 0 Å². The van der Waals surface area contributed by atoms with Crippen LogP contribution in [0.1, 0.15) is 53.0 Å². The molecule has 22 heavy (non-hydrogen) atoms. The highest BCUT2D eigenvalue weighted by atomic mass is 35.5. The zero-order valence-corrected chi connectivity index (χ0v) is 15.0. The van der Waals surface area contributed by atoms with E-state index < -0.39 is 0 Å².